The second-order valence-electron chi connectivity index (χ2n) is 5.82. The number of hydrogen-bond acceptors (Lipinski definition) is 2. The van der Waals surface area contributed by atoms with Gasteiger partial charge in [-0.05, 0) is 44.1 Å². The van der Waals surface area contributed by atoms with Gasteiger partial charge in [-0.1, -0.05) is 19.8 Å². The molecule has 0 aromatic carbocycles. The third-order valence-electron chi connectivity index (χ3n) is 4.72. The van der Waals surface area contributed by atoms with Crippen LogP contribution in [0, 0.1) is 11.3 Å². The average molecular weight is 275 g/mol. The Morgan fingerprint density at radius 2 is 2.06 bits per heavy atom. The highest BCUT2D eigenvalue weighted by Gasteiger charge is 2.33. The third kappa shape index (κ3) is 3.86. The normalized spacial score (nSPS) is 26.4. The highest BCUT2D eigenvalue weighted by molar-refractivity contribution is 5.85. The van der Waals surface area contributed by atoms with Crippen molar-refractivity contribution in [1.82, 2.24) is 10.6 Å². The number of amides is 1. The molecule has 1 atom stereocenters. The monoisotopic (exact) mass is 274 g/mol. The summed E-state index contributed by atoms with van der Waals surface area (Å²) in [6.07, 6.45) is 8.67. The van der Waals surface area contributed by atoms with Gasteiger partial charge in [-0.2, -0.15) is 0 Å². The van der Waals surface area contributed by atoms with E-state index >= 15 is 0 Å². The molecule has 0 aromatic heterocycles. The maximum Gasteiger partial charge on any atom is 0.224 e. The van der Waals surface area contributed by atoms with Crippen LogP contribution < -0.4 is 10.6 Å². The molecule has 1 aliphatic carbocycles. The molecule has 3 nitrogen and oxygen atoms in total. The number of rotatable bonds is 4. The van der Waals surface area contributed by atoms with Crippen LogP contribution in [0.3, 0.4) is 0 Å². The van der Waals surface area contributed by atoms with Gasteiger partial charge in [0.2, 0.25) is 5.91 Å². The molecule has 1 heterocycles. The molecule has 0 spiro atoms. The van der Waals surface area contributed by atoms with Crippen molar-refractivity contribution in [2.75, 3.05) is 19.6 Å². The molecule has 1 saturated heterocycles. The summed E-state index contributed by atoms with van der Waals surface area (Å²) in [5.74, 6) is 0.482. The zero-order valence-corrected chi connectivity index (χ0v) is 12.3. The van der Waals surface area contributed by atoms with E-state index in [2.05, 4.69) is 17.6 Å². The fraction of sp³-hybridized carbons (Fsp3) is 0.929. The Morgan fingerprint density at radius 1 is 1.33 bits per heavy atom. The van der Waals surface area contributed by atoms with Gasteiger partial charge >= 0.3 is 0 Å². The van der Waals surface area contributed by atoms with Gasteiger partial charge in [0, 0.05) is 13.1 Å². The summed E-state index contributed by atoms with van der Waals surface area (Å²) in [5.41, 5.74) is 0.414. The van der Waals surface area contributed by atoms with E-state index in [0.717, 1.165) is 32.5 Å². The van der Waals surface area contributed by atoms with Crippen molar-refractivity contribution in [3.63, 3.8) is 0 Å². The van der Waals surface area contributed by atoms with Gasteiger partial charge in [-0.15, -0.1) is 12.4 Å². The fourth-order valence-electron chi connectivity index (χ4n) is 3.27. The van der Waals surface area contributed by atoms with E-state index in [1.54, 1.807) is 0 Å². The standard InChI is InChI=1S/C14H26N2O.ClH/c1-2-14(7-3-4-8-14)11-16-13(17)12-6-5-9-15-10-12;/h12,15H,2-11H2,1H3,(H,16,17);1H. The van der Waals surface area contributed by atoms with Crippen molar-refractivity contribution in [2.24, 2.45) is 11.3 Å². The molecule has 2 aliphatic rings. The highest BCUT2D eigenvalue weighted by Crippen LogP contribution is 2.40. The van der Waals surface area contributed by atoms with Crippen LogP contribution in [0.5, 0.6) is 0 Å². The quantitative estimate of drug-likeness (QED) is 0.827. The predicted octanol–water partition coefficient (Wildman–Crippen LogP) is 2.49. The number of carbonyl (C=O) groups excluding carboxylic acids is 1. The molecular weight excluding hydrogens is 248 g/mol. The first-order chi connectivity index (χ1) is 8.26. The summed E-state index contributed by atoms with van der Waals surface area (Å²) in [7, 11) is 0. The smallest absolute Gasteiger partial charge is 0.224 e. The number of nitrogens with one attached hydrogen (secondary N) is 2. The van der Waals surface area contributed by atoms with Crippen LogP contribution in [-0.4, -0.2) is 25.5 Å². The maximum atomic E-state index is 12.1. The minimum absolute atomic E-state index is 0. The van der Waals surface area contributed by atoms with Crippen LogP contribution in [0.15, 0.2) is 0 Å². The molecule has 18 heavy (non-hydrogen) atoms. The first-order valence-electron chi connectivity index (χ1n) is 7.24. The SMILES string of the molecule is CCC1(CNC(=O)C2CCCNC2)CCCC1.Cl. The maximum absolute atomic E-state index is 12.1. The van der Waals surface area contributed by atoms with Gasteiger partial charge in [-0.25, -0.2) is 0 Å². The molecule has 2 fully saturated rings. The molecule has 2 rings (SSSR count). The minimum Gasteiger partial charge on any atom is -0.355 e. The lowest BCUT2D eigenvalue weighted by molar-refractivity contribution is -0.126. The van der Waals surface area contributed by atoms with E-state index in [9.17, 15) is 4.79 Å². The Hall–Kier alpha value is -0.280. The molecule has 2 N–H and O–H groups in total. The Morgan fingerprint density at radius 3 is 2.61 bits per heavy atom. The van der Waals surface area contributed by atoms with E-state index < -0.39 is 0 Å². The second-order valence-corrected chi connectivity index (χ2v) is 5.82. The summed E-state index contributed by atoms with van der Waals surface area (Å²) < 4.78 is 0. The van der Waals surface area contributed by atoms with Crippen LogP contribution in [0.25, 0.3) is 0 Å². The molecule has 1 unspecified atom stereocenters. The van der Waals surface area contributed by atoms with Crippen molar-refractivity contribution in [3.8, 4) is 0 Å². The van der Waals surface area contributed by atoms with Crippen molar-refractivity contribution in [2.45, 2.75) is 51.9 Å². The van der Waals surface area contributed by atoms with Gasteiger partial charge in [-0.3, -0.25) is 4.79 Å². The van der Waals surface area contributed by atoms with E-state index in [0.29, 0.717) is 5.41 Å². The lowest BCUT2D eigenvalue weighted by atomic mass is 9.83. The minimum atomic E-state index is 0. The average Bonchev–Trinajstić information content (AvgIpc) is 2.86. The molecule has 0 aromatic rings. The van der Waals surface area contributed by atoms with E-state index in [4.69, 9.17) is 0 Å². The zero-order chi connectivity index (χ0) is 12.1. The van der Waals surface area contributed by atoms with Crippen molar-refractivity contribution >= 4 is 18.3 Å². The second kappa shape index (κ2) is 7.34. The largest absolute Gasteiger partial charge is 0.355 e. The topological polar surface area (TPSA) is 41.1 Å². The molecule has 0 radical (unpaired) electrons. The Kier molecular flexibility index (Phi) is 6.44. The van der Waals surface area contributed by atoms with Crippen LogP contribution in [-0.2, 0) is 4.79 Å². The number of hydrogen-bond donors (Lipinski definition) is 2. The van der Waals surface area contributed by atoms with Crippen LogP contribution in [0.4, 0.5) is 0 Å². The lowest BCUT2D eigenvalue weighted by Crippen LogP contribution is -2.43. The van der Waals surface area contributed by atoms with Crippen LogP contribution >= 0.6 is 12.4 Å². The van der Waals surface area contributed by atoms with Crippen LogP contribution in [0.2, 0.25) is 0 Å². The van der Waals surface area contributed by atoms with Gasteiger partial charge < -0.3 is 10.6 Å². The number of carbonyl (C=O) groups is 1. The first-order valence-corrected chi connectivity index (χ1v) is 7.24. The number of piperidine rings is 1. The molecular formula is C14H27ClN2O. The first kappa shape index (κ1) is 15.8. The lowest BCUT2D eigenvalue weighted by Gasteiger charge is -2.29. The van der Waals surface area contributed by atoms with Crippen LogP contribution in [0.1, 0.15) is 51.9 Å². The summed E-state index contributed by atoms with van der Waals surface area (Å²) in [6, 6.07) is 0. The summed E-state index contributed by atoms with van der Waals surface area (Å²) in [4.78, 5) is 12.1. The van der Waals surface area contributed by atoms with Crippen molar-refractivity contribution in [1.29, 1.82) is 0 Å². The highest BCUT2D eigenvalue weighted by atomic mass is 35.5. The van der Waals surface area contributed by atoms with E-state index in [1.807, 2.05) is 0 Å². The van der Waals surface area contributed by atoms with Crippen molar-refractivity contribution < 1.29 is 4.79 Å². The zero-order valence-electron chi connectivity index (χ0n) is 11.5. The molecule has 1 amide bonds. The van der Waals surface area contributed by atoms with Gasteiger partial charge in [0.1, 0.15) is 0 Å². The molecule has 4 heteroatoms. The summed E-state index contributed by atoms with van der Waals surface area (Å²) in [5, 5.41) is 6.51. The Balaban J connectivity index is 0.00000162. The molecule has 1 aliphatic heterocycles. The predicted molar refractivity (Wildman–Crippen MR) is 77.0 cm³/mol. The molecule has 106 valence electrons. The van der Waals surface area contributed by atoms with E-state index in [1.165, 1.54) is 32.1 Å². The van der Waals surface area contributed by atoms with E-state index in [-0.39, 0.29) is 24.2 Å². The molecule has 1 saturated carbocycles. The van der Waals surface area contributed by atoms with Crippen molar-refractivity contribution in [3.05, 3.63) is 0 Å². The number of halogens is 1. The summed E-state index contributed by atoms with van der Waals surface area (Å²) >= 11 is 0. The van der Waals surface area contributed by atoms with Gasteiger partial charge in [0.25, 0.3) is 0 Å². The Bertz CT molecular complexity index is 259. The van der Waals surface area contributed by atoms with Gasteiger partial charge in [0.05, 0.1) is 5.92 Å². The molecule has 0 bridgehead atoms. The summed E-state index contributed by atoms with van der Waals surface area (Å²) in [6.45, 7) is 5.10. The third-order valence-corrected chi connectivity index (χ3v) is 4.72. The Labute approximate surface area is 117 Å². The fourth-order valence-corrected chi connectivity index (χ4v) is 3.27. The van der Waals surface area contributed by atoms with Gasteiger partial charge in [0.15, 0.2) is 0 Å².